The van der Waals surface area contributed by atoms with Crippen molar-refractivity contribution in [2.24, 2.45) is 5.16 Å². The highest BCUT2D eigenvalue weighted by molar-refractivity contribution is 8.00. The standard InChI is InChI=1S/C24H28N8O5S2/c25-24-28-16(11-39-24)17(30-37-9-14-7-26-12-27-14)20(33)29-18-21(34)31-19(23(35)36)13(10-38-22(18)31)8-32-5-1-3-15(32)4-2-6-32/h7,11-12,15,18,22H,1-6,8-10H2,(H4-,25,26,27,28,29,33,35,36)/p+1/b30-17-/t15?,18-,22-,32?/m1/s1. The Hall–Kier alpha value is -3.43. The maximum Gasteiger partial charge on any atom is 0.352 e. The first-order valence-electron chi connectivity index (χ1n) is 12.8. The lowest BCUT2D eigenvalue weighted by atomic mass is 10.0. The number of amides is 2. The summed E-state index contributed by atoms with van der Waals surface area (Å²) in [5.74, 6) is -1.71. The number of thiazole rings is 1. The summed E-state index contributed by atoms with van der Waals surface area (Å²) < 4.78 is 0.939. The Bertz CT molecular complexity index is 1350. The topological polar surface area (TPSA) is 176 Å². The summed E-state index contributed by atoms with van der Waals surface area (Å²) in [7, 11) is 0. The summed E-state index contributed by atoms with van der Waals surface area (Å²) in [4.78, 5) is 56.5. The number of aromatic amines is 1. The number of carboxylic acid groups (broad SMARTS) is 1. The van der Waals surface area contributed by atoms with Crippen LogP contribution in [0.25, 0.3) is 0 Å². The number of rotatable bonds is 9. The Morgan fingerprint density at radius 3 is 2.79 bits per heavy atom. The van der Waals surface area contributed by atoms with Gasteiger partial charge in [-0.25, -0.2) is 14.8 Å². The molecule has 0 unspecified atom stereocenters. The van der Waals surface area contributed by atoms with Crippen molar-refractivity contribution in [3.63, 3.8) is 0 Å². The molecule has 0 aliphatic carbocycles. The number of carboxylic acids is 1. The number of thioether (sulfide) groups is 1. The summed E-state index contributed by atoms with van der Waals surface area (Å²) in [6.45, 7) is 2.84. The molecule has 5 N–H and O–H groups in total. The van der Waals surface area contributed by atoms with Gasteiger partial charge in [-0.05, 0) is 0 Å². The summed E-state index contributed by atoms with van der Waals surface area (Å²) in [5, 5.41) is 18.1. The van der Waals surface area contributed by atoms with Crippen molar-refractivity contribution in [1.82, 2.24) is 25.2 Å². The number of fused-ring (bicyclic) bond motifs is 2. The Kier molecular flexibility index (Phi) is 6.81. The first kappa shape index (κ1) is 25.8. The van der Waals surface area contributed by atoms with Crippen LogP contribution >= 0.6 is 23.1 Å². The molecular weight excluding hydrogens is 544 g/mol. The molecule has 6 heterocycles. The molecule has 39 heavy (non-hydrogen) atoms. The van der Waals surface area contributed by atoms with E-state index in [1.54, 1.807) is 11.6 Å². The van der Waals surface area contributed by atoms with E-state index in [9.17, 15) is 19.5 Å². The van der Waals surface area contributed by atoms with E-state index >= 15 is 0 Å². The largest absolute Gasteiger partial charge is 0.477 e. The lowest BCUT2D eigenvalue weighted by Gasteiger charge is -2.50. The number of nitrogens with one attached hydrogen (secondary N) is 2. The predicted octanol–water partition coefficient (Wildman–Crippen LogP) is 0.881. The Morgan fingerprint density at radius 2 is 2.13 bits per heavy atom. The average Bonchev–Trinajstić information content (AvgIpc) is 3.70. The third kappa shape index (κ3) is 4.67. The fourth-order valence-corrected chi connectivity index (χ4v) is 8.15. The maximum absolute atomic E-state index is 13.3. The van der Waals surface area contributed by atoms with Gasteiger partial charge in [-0.2, -0.15) is 0 Å². The molecule has 13 nitrogen and oxygen atoms in total. The van der Waals surface area contributed by atoms with Crippen molar-refractivity contribution in [3.05, 3.63) is 40.6 Å². The number of nitrogens with two attached hydrogens (primary N) is 1. The molecule has 15 heteroatoms. The second kappa shape index (κ2) is 10.3. The minimum atomic E-state index is -1.10. The number of β-lactam (4-membered cyclic amide) rings is 1. The van der Waals surface area contributed by atoms with Gasteiger partial charge < -0.3 is 30.5 Å². The van der Waals surface area contributed by atoms with Gasteiger partial charge in [-0.3, -0.25) is 14.5 Å². The molecule has 3 fully saturated rings. The van der Waals surface area contributed by atoms with Gasteiger partial charge in [0.15, 0.2) is 17.5 Å². The lowest BCUT2D eigenvalue weighted by molar-refractivity contribution is -0.922. The molecule has 6 rings (SSSR count). The van der Waals surface area contributed by atoms with Crippen LogP contribution in [0, 0.1) is 0 Å². The minimum Gasteiger partial charge on any atom is -0.477 e. The fourth-order valence-electron chi connectivity index (χ4n) is 6.27. The molecule has 0 bridgehead atoms. The predicted molar refractivity (Wildman–Crippen MR) is 143 cm³/mol. The second-order valence-electron chi connectivity index (χ2n) is 10.2. The summed E-state index contributed by atoms with van der Waals surface area (Å²) >= 11 is 2.62. The molecule has 3 saturated heterocycles. The first-order valence-corrected chi connectivity index (χ1v) is 14.7. The monoisotopic (exact) mass is 573 g/mol. The summed E-state index contributed by atoms with van der Waals surface area (Å²) in [6.07, 6.45) is 7.75. The van der Waals surface area contributed by atoms with Gasteiger partial charge >= 0.3 is 5.97 Å². The summed E-state index contributed by atoms with van der Waals surface area (Å²) in [5.41, 5.74) is 7.38. The van der Waals surface area contributed by atoms with Crippen LogP contribution < -0.4 is 11.1 Å². The van der Waals surface area contributed by atoms with E-state index in [2.05, 4.69) is 25.4 Å². The molecule has 0 radical (unpaired) electrons. The molecule has 0 aromatic carbocycles. The minimum absolute atomic E-state index is 0.0431. The fraction of sp³-hybridized carbons (Fsp3) is 0.500. The number of carbonyl (C=O) groups excluding carboxylic acids is 2. The van der Waals surface area contributed by atoms with E-state index in [1.807, 2.05) is 0 Å². The lowest BCUT2D eigenvalue weighted by Crippen LogP contribution is -2.71. The van der Waals surface area contributed by atoms with Crippen LogP contribution in [0.3, 0.4) is 0 Å². The number of H-pyrrole nitrogens is 1. The van der Waals surface area contributed by atoms with E-state index in [1.165, 1.54) is 35.8 Å². The highest BCUT2D eigenvalue weighted by Crippen LogP contribution is 2.43. The number of anilines is 1. The van der Waals surface area contributed by atoms with Crippen LogP contribution in [-0.4, -0.2) is 95.8 Å². The number of nitrogen functional groups attached to an aromatic ring is 1. The number of aliphatic carboxylic acids is 1. The highest BCUT2D eigenvalue weighted by Gasteiger charge is 2.56. The number of aromatic nitrogens is 3. The highest BCUT2D eigenvalue weighted by atomic mass is 32.2. The number of imidazole rings is 1. The van der Waals surface area contributed by atoms with Crippen molar-refractivity contribution in [3.8, 4) is 0 Å². The van der Waals surface area contributed by atoms with Gasteiger partial charge in [0.25, 0.3) is 11.8 Å². The van der Waals surface area contributed by atoms with E-state index in [0.717, 1.165) is 47.3 Å². The quantitative estimate of drug-likeness (QED) is 0.147. The van der Waals surface area contributed by atoms with Crippen molar-refractivity contribution in [2.75, 3.05) is 31.1 Å². The number of hydrogen-bond acceptors (Lipinski definition) is 10. The van der Waals surface area contributed by atoms with E-state index in [0.29, 0.717) is 24.0 Å². The van der Waals surface area contributed by atoms with Crippen LogP contribution in [0.1, 0.15) is 37.1 Å². The van der Waals surface area contributed by atoms with Crippen molar-refractivity contribution >= 4 is 51.7 Å². The smallest absolute Gasteiger partial charge is 0.352 e. The number of quaternary nitrogens is 1. The Balaban J connectivity index is 1.19. The molecule has 0 spiro atoms. The second-order valence-corrected chi connectivity index (χ2v) is 12.2. The normalized spacial score (nSPS) is 28.2. The number of nitrogens with zero attached hydrogens (tertiary/aromatic N) is 5. The van der Waals surface area contributed by atoms with Crippen LogP contribution in [0.15, 0.2) is 34.3 Å². The molecule has 2 atom stereocenters. The number of hydrogen-bond donors (Lipinski definition) is 4. The van der Waals surface area contributed by atoms with E-state index < -0.39 is 29.2 Å². The van der Waals surface area contributed by atoms with Crippen molar-refractivity contribution in [2.45, 2.75) is 49.7 Å². The Morgan fingerprint density at radius 1 is 1.33 bits per heavy atom. The molecule has 4 aliphatic rings. The Labute approximate surface area is 232 Å². The van der Waals surface area contributed by atoms with E-state index in [-0.39, 0.29) is 28.8 Å². The van der Waals surface area contributed by atoms with Gasteiger partial charge in [0.2, 0.25) is 0 Å². The van der Waals surface area contributed by atoms with Gasteiger partial charge in [-0.15, -0.1) is 23.1 Å². The van der Waals surface area contributed by atoms with Crippen LogP contribution in [0.4, 0.5) is 5.13 Å². The van der Waals surface area contributed by atoms with Gasteiger partial charge in [0, 0.05) is 42.4 Å². The third-order valence-corrected chi connectivity index (χ3v) is 10.0. The van der Waals surface area contributed by atoms with Crippen LogP contribution in [0.5, 0.6) is 0 Å². The summed E-state index contributed by atoms with van der Waals surface area (Å²) in [6, 6.07) is -0.312. The molecule has 206 valence electrons. The number of carbonyl (C=O) groups is 3. The molecule has 2 aromatic rings. The van der Waals surface area contributed by atoms with E-state index in [4.69, 9.17) is 10.6 Å². The third-order valence-electron chi connectivity index (χ3n) is 8.01. The molecule has 2 aromatic heterocycles. The SMILES string of the molecule is Nc1nc(/C(=N/OCc2cnc[nH]2)C(=O)N[C@@H]2C(=O)N3C(C(=O)O)=C(C[N+]45CCCC4CCC5)CS[C@H]23)cs1. The van der Waals surface area contributed by atoms with Crippen LogP contribution in [0.2, 0.25) is 0 Å². The van der Waals surface area contributed by atoms with Gasteiger partial charge in [0.1, 0.15) is 29.4 Å². The molecular formula is C24H29N8O5S2+. The zero-order valence-corrected chi connectivity index (χ0v) is 22.7. The van der Waals surface area contributed by atoms with Gasteiger partial charge in [0.05, 0.1) is 37.3 Å². The number of oxime groups is 1. The zero-order valence-electron chi connectivity index (χ0n) is 21.0. The van der Waals surface area contributed by atoms with Crippen molar-refractivity contribution in [1.29, 1.82) is 0 Å². The van der Waals surface area contributed by atoms with Crippen LogP contribution in [-0.2, 0) is 25.8 Å². The molecule has 4 aliphatic heterocycles. The molecule has 0 saturated carbocycles. The zero-order chi connectivity index (χ0) is 27.1. The maximum atomic E-state index is 13.3. The van der Waals surface area contributed by atoms with Crippen molar-refractivity contribution < 1.29 is 28.8 Å². The first-order chi connectivity index (χ1) is 18.9. The van der Waals surface area contributed by atoms with Gasteiger partial charge in [-0.1, -0.05) is 5.16 Å². The molecule has 2 amide bonds. The average molecular weight is 574 g/mol.